The molecule has 1 saturated heterocycles. The fourth-order valence-electron chi connectivity index (χ4n) is 2.82. The van der Waals surface area contributed by atoms with Crippen LogP contribution in [0.15, 0.2) is 33.9 Å². The zero-order chi connectivity index (χ0) is 16.0. The first-order valence-corrected chi connectivity index (χ1v) is 7.98. The van der Waals surface area contributed by atoms with Crippen LogP contribution in [0.4, 0.5) is 4.79 Å². The molecule has 0 bridgehead atoms. The van der Waals surface area contributed by atoms with E-state index < -0.39 is 0 Å². The Morgan fingerprint density at radius 3 is 2.33 bits per heavy atom. The first kappa shape index (κ1) is 17.5. The lowest BCUT2D eigenvalue weighted by Gasteiger charge is -2.20. The summed E-state index contributed by atoms with van der Waals surface area (Å²) in [4.78, 5) is 13.6. The van der Waals surface area contributed by atoms with E-state index in [1.807, 2.05) is 4.90 Å². The van der Waals surface area contributed by atoms with Gasteiger partial charge in [-0.2, -0.15) is 0 Å². The van der Waals surface area contributed by atoms with Crippen LogP contribution < -0.4 is 5.32 Å². The number of hydrogen-bond acceptors (Lipinski definition) is 1. The minimum atomic E-state index is 0.0562. The van der Waals surface area contributed by atoms with E-state index in [0.29, 0.717) is 0 Å². The van der Waals surface area contributed by atoms with Crippen molar-refractivity contribution in [3.05, 3.63) is 33.9 Å². The van der Waals surface area contributed by atoms with Gasteiger partial charge in [0.1, 0.15) is 0 Å². The molecule has 3 nitrogen and oxygen atoms in total. The van der Waals surface area contributed by atoms with E-state index in [0.717, 1.165) is 32.5 Å². The minimum absolute atomic E-state index is 0.0562. The second-order valence-corrected chi connectivity index (χ2v) is 5.86. The van der Waals surface area contributed by atoms with Crippen molar-refractivity contribution in [3.63, 3.8) is 0 Å². The number of amides is 2. The largest absolute Gasteiger partial charge is 0.336 e. The maximum absolute atomic E-state index is 11.7. The van der Waals surface area contributed by atoms with Crippen LogP contribution in [0.25, 0.3) is 0 Å². The first-order chi connectivity index (χ1) is 9.92. The molecule has 1 rings (SSSR count). The van der Waals surface area contributed by atoms with Gasteiger partial charge in [-0.05, 0) is 57.3 Å². The third-order valence-electron chi connectivity index (χ3n) is 4.25. The molecule has 1 aliphatic rings. The van der Waals surface area contributed by atoms with Crippen molar-refractivity contribution in [2.75, 3.05) is 19.6 Å². The average Bonchev–Trinajstić information content (AvgIpc) is 2.84. The Morgan fingerprint density at radius 2 is 1.86 bits per heavy atom. The number of allylic oxidation sites excluding steroid dienone is 5. The summed E-state index contributed by atoms with van der Waals surface area (Å²) in [5, 5.41) is 2.86. The van der Waals surface area contributed by atoms with Crippen LogP contribution in [-0.4, -0.2) is 30.6 Å². The van der Waals surface area contributed by atoms with Gasteiger partial charge in [0.15, 0.2) is 0 Å². The number of urea groups is 1. The normalized spacial score (nSPS) is 18.5. The summed E-state index contributed by atoms with van der Waals surface area (Å²) in [5.41, 5.74) is 6.73. The molecule has 1 N–H and O–H groups in total. The van der Waals surface area contributed by atoms with Gasteiger partial charge in [0.2, 0.25) is 0 Å². The third kappa shape index (κ3) is 4.48. The van der Waals surface area contributed by atoms with Gasteiger partial charge in [-0.15, -0.1) is 0 Å². The summed E-state index contributed by atoms with van der Waals surface area (Å²) < 4.78 is 0. The fraction of sp³-hybridized carbons (Fsp3) is 0.611. The second kappa shape index (κ2) is 8.06. The van der Waals surface area contributed by atoms with E-state index in [2.05, 4.69) is 52.9 Å². The van der Waals surface area contributed by atoms with Crippen molar-refractivity contribution in [1.82, 2.24) is 10.2 Å². The van der Waals surface area contributed by atoms with Gasteiger partial charge < -0.3 is 10.2 Å². The molecule has 0 atom stereocenters. The molecule has 0 spiro atoms. The van der Waals surface area contributed by atoms with Gasteiger partial charge in [-0.25, -0.2) is 4.79 Å². The summed E-state index contributed by atoms with van der Waals surface area (Å²) in [6.45, 7) is 15.4. The lowest BCUT2D eigenvalue weighted by molar-refractivity contribution is 0.221. The van der Waals surface area contributed by atoms with Gasteiger partial charge in [-0.3, -0.25) is 0 Å². The van der Waals surface area contributed by atoms with E-state index in [1.165, 1.54) is 27.9 Å². The van der Waals surface area contributed by atoms with Gasteiger partial charge in [0, 0.05) is 19.6 Å². The maximum atomic E-state index is 11.7. The number of nitrogens with one attached hydrogen (secondary N) is 1. The van der Waals surface area contributed by atoms with Crippen molar-refractivity contribution in [1.29, 1.82) is 0 Å². The summed E-state index contributed by atoms with van der Waals surface area (Å²) in [6, 6.07) is 0.0562. The molecule has 3 heteroatoms. The van der Waals surface area contributed by atoms with Crippen LogP contribution >= 0.6 is 0 Å². The maximum Gasteiger partial charge on any atom is 0.317 e. The Labute approximate surface area is 129 Å². The van der Waals surface area contributed by atoms with E-state index >= 15 is 0 Å². The Hall–Kier alpha value is -1.51. The zero-order valence-electron chi connectivity index (χ0n) is 14.5. The number of hydrogen-bond donors (Lipinski definition) is 1. The van der Waals surface area contributed by atoms with Crippen LogP contribution in [0, 0.1) is 0 Å². The number of carbonyl (C=O) groups excluding carboxylic acids is 1. The number of carbonyl (C=O) groups is 1. The molecule has 0 unspecified atom stereocenters. The van der Waals surface area contributed by atoms with Crippen molar-refractivity contribution in [3.8, 4) is 0 Å². The highest BCUT2D eigenvalue weighted by molar-refractivity contribution is 5.76. The Morgan fingerprint density at radius 1 is 1.19 bits per heavy atom. The number of nitrogens with zero attached hydrogens (tertiary/aromatic N) is 1. The highest BCUT2D eigenvalue weighted by Gasteiger charge is 2.20. The minimum Gasteiger partial charge on any atom is -0.336 e. The van der Waals surface area contributed by atoms with Gasteiger partial charge in [0.25, 0.3) is 0 Å². The van der Waals surface area contributed by atoms with Crippen LogP contribution in [0.1, 0.15) is 54.4 Å². The van der Waals surface area contributed by atoms with Crippen molar-refractivity contribution in [2.45, 2.75) is 54.4 Å². The molecule has 1 fully saturated rings. The first-order valence-electron chi connectivity index (χ1n) is 7.98. The quantitative estimate of drug-likeness (QED) is 0.721. The summed E-state index contributed by atoms with van der Waals surface area (Å²) >= 11 is 0. The van der Waals surface area contributed by atoms with Crippen LogP contribution in [0.5, 0.6) is 0 Å². The van der Waals surface area contributed by atoms with Gasteiger partial charge in [0.05, 0.1) is 0 Å². The topological polar surface area (TPSA) is 32.3 Å². The molecular weight excluding hydrogens is 260 g/mol. The molecule has 0 aliphatic carbocycles. The molecule has 0 aromatic carbocycles. The average molecular weight is 290 g/mol. The Bertz CT molecular complexity index is 483. The van der Waals surface area contributed by atoms with E-state index in [1.54, 1.807) is 0 Å². The zero-order valence-corrected chi connectivity index (χ0v) is 14.5. The highest BCUT2D eigenvalue weighted by Crippen LogP contribution is 2.27. The van der Waals surface area contributed by atoms with Crippen LogP contribution in [-0.2, 0) is 0 Å². The van der Waals surface area contributed by atoms with Crippen LogP contribution in [0.3, 0.4) is 0 Å². The standard InChI is InChI=1S/C18H30N2O/c1-7-9-14(4)17(13(3)8-2)16(6)15(5)12-20-11-10-19-18(20)21/h9H,7-8,10-12H2,1-6H3,(H,19,21)/b14-9?,16-15+,17-13-. The van der Waals surface area contributed by atoms with E-state index in [9.17, 15) is 4.79 Å². The summed E-state index contributed by atoms with van der Waals surface area (Å²) in [6.07, 6.45) is 4.39. The molecule has 0 radical (unpaired) electrons. The molecule has 1 aliphatic heterocycles. The Kier molecular flexibility index (Phi) is 6.73. The molecule has 118 valence electrons. The van der Waals surface area contributed by atoms with Crippen molar-refractivity contribution >= 4 is 6.03 Å². The third-order valence-corrected chi connectivity index (χ3v) is 4.25. The van der Waals surface area contributed by atoms with Crippen LogP contribution in [0.2, 0.25) is 0 Å². The summed E-state index contributed by atoms with van der Waals surface area (Å²) in [7, 11) is 0. The van der Waals surface area contributed by atoms with Gasteiger partial charge in [-0.1, -0.05) is 31.1 Å². The molecule has 0 saturated carbocycles. The number of rotatable bonds is 6. The Balaban J connectivity index is 3.08. The molecule has 0 aromatic heterocycles. The molecule has 2 amide bonds. The van der Waals surface area contributed by atoms with Crippen molar-refractivity contribution < 1.29 is 4.79 Å². The SMILES string of the molecule is CCC=C(C)C(=C(\C)CC)/C(C)=C(\C)CN1CCNC1=O. The lowest BCUT2D eigenvalue weighted by atomic mass is 9.90. The predicted octanol–water partition coefficient (Wildman–Crippen LogP) is 4.43. The monoisotopic (exact) mass is 290 g/mol. The molecular formula is C18H30N2O. The smallest absolute Gasteiger partial charge is 0.317 e. The molecule has 21 heavy (non-hydrogen) atoms. The lowest BCUT2D eigenvalue weighted by Crippen LogP contribution is -2.29. The summed E-state index contributed by atoms with van der Waals surface area (Å²) in [5.74, 6) is 0. The molecule has 1 heterocycles. The predicted molar refractivity (Wildman–Crippen MR) is 90.4 cm³/mol. The van der Waals surface area contributed by atoms with E-state index in [4.69, 9.17) is 0 Å². The second-order valence-electron chi connectivity index (χ2n) is 5.86. The fourth-order valence-corrected chi connectivity index (χ4v) is 2.82. The van der Waals surface area contributed by atoms with E-state index in [-0.39, 0.29) is 6.03 Å². The van der Waals surface area contributed by atoms with Gasteiger partial charge >= 0.3 is 6.03 Å². The van der Waals surface area contributed by atoms with Crippen molar-refractivity contribution in [2.24, 2.45) is 0 Å². The highest BCUT2D eigenvalue weighted by atomic mass is 16.2. The molecule has 0 aromatic rings.